The zero-order valence-corrected chi connectivity index (χ0v) is 16.0. The van der Waals surface area contributed by atoms with Crippen molar-refractivity contribution >= 4 is 0 Å². The van der Waals surface area contributed by atoms with Crippen LogP contribution in [0.1, 0.15) is 48.3 Å². The van der Waals surface area contributed by atoms with Crippen LogP contribution in [0.25, 0.3) is 0 Å². The topological polar surface area (TPSA) is 72.8 Å². The molecule has 30 heavy (non-hydrogen) atoms. The Kier molecular flexibility index (Phi) is 4.39. The molecule has 0 unspecified atom stereocenters. The van der Waals surface area contributed by atoms with Gasteiger partial charge in [0.25, 0.3) is 0 Å². The van der Waals surface area contributed by atoms with Gasteiger partial charge < -0.3 is 4.74 Å². The molecule has 1 atom stereocenters. The minimum atomic E-state index is -0.654. The number of rotatable bonds is 4. The highest BCUT2D eigenvalue weighted by molar-refractivity contribution is 5.36. The molecule has 1 fully saturated rings. The Morgan fingerprint density at radius 2 is 1.90 bits per heavy atom. The van der Waals surface area contributed by atoms with E-state index in [4.69, 9.17) is 10.00 Å². The maximum Gasteiger partial charge on any atom is 0.346 e. The second kappa shape index (κ2) is 7.10. The molecule has 1 aliphatic carbocycles. The first-order valence-corrected chi connectivity index (χ1v) is 9.84. The lowest BCUT2D eigenvalue weighted by atomic mass is 9.89. The van der Waals surface area contributed by atoms with Crippen LogP contribution >= 0.6 is 0 Å². The third-order valence-electron chi connectivity index (χ3n) is 5.81. The molecular formula is C22H18F2N4O2. The van der Waals surface area contributed by atoms with Crippen LogP contribution in [0.4, 0.5) is 8.78 Å². The van der Waals surface area contributed by atoms with Crippen LogP contribution in [0.3, 0.4) is 0 Å². The Labute approximate surface area is 170 Å². The number of ether oxygens (including phenoxy) is 1. The van der Waals surface area contributed by atoms with Crippen LogP contribution in [0, 0.1) is 23.0 Å². The molecule has 0 radical (unpaired) electrons. The van der Waals surface area contributed by atoms with Crippen molar-refractivity contribution in [3.05, 3.63) is 81.5 Å². The Balaban J connectivity index is 1.32. The maximum atomic E-state index is 13.6. The first-order valence-electron chi connectivity index (χ1n) is 9.84. The summed E-state index contributed by atoms with van der Waals surface area (Å²) in [5.41, 5.74) is 0.720. The summed E-state index contributed by atoms with van der Waals surface area (Å²) in [6, 6.07) is 11.9. The third kappa shape index (κ3) is 3.16. The number of halogens is 2. The lowest BCUT2D eigenvalue weighted by Crippen LogP contribution is -2.41. The standard InChI is InChI=1S/C22H18F2N4O2/c23-15-7-14(8-16(24)9-15)20-4-5-21-26-28(22(29)27(20)21)17-10-19(11-17)30-18-3-1-2-13(6-18)12-25/h1-3,6-9,17,19-20H,4-5,10-11H2/t17?,19?,20-/m0/s1. The van der Waals surface area contributed by atoms with Crippen molar-refractivity contribution in [3.8, 4) is 11.8 Å². The molecule has 0 spiro atoms. The number of benzene rings is 2. The molecule has 3 aromatic rings. The van der Waals surface area contributed by atoms with Gasteiger partial charge in [0.15, 0.2) is 0 Å². The van der Waals surface area contributed by atoms with Gasteiger partial charge in [-0.2, -0.15) is 10.4 Å². The van der Waals surface area contributed by atoms with Crippen molar-refractivity contribution in [1.82, 2.24) is 14.3 Å². The van der Waals surface area contributed by atoms with E-state index in [1.807, 2.05) is 0 Å². The average Bonchev–Trinajstić information content (AvgIpc) is 3.24. The first-order chi connectivity index (χ1) is 14.5. The van der Waals surface area contributed by atoms with Gasteiger partial charge in [0.1, 0.15) is 29.3 Å². The average molecular weight is 408 g/mol. The number of hydrogen-bond acceptors (Lipinski definition) is 4. The second-order valence-electron chi connectivity index (χ2n) is 7.78. The summed E-state index contributed by atoms with van der Waals surface area (Å²) in [4.78, 5) is 13.0. The maximum absolute atomic E-state index is 13.6. The van der Waals surface area contributed by atoms with Gasteiger partial charge in [0, 0.05) is 25.3 Å². The lowest BCUT2D eigenvalue weighted by Gasteiger charge is -2.34. The first kappa shape index (κ1) is 18.6. The fourth-order valence-corrected chi connectivity index (χ4v) is 4.30. The van der Waals surface area contributed by atoms with E-state index in [0.717, 1.165) is 6.07 Å². The highest BCUT2D eigenvalue weighted by atomic mass is 19.1. The Bertz CT molecular complexity index is 1200. The fourth-order valence-electron chi connectivity index (χ4n) is 4.30. The molecule has 0 saturated heterocycles. The van der Waals surface area contributed by atoms with Gasteiger partial charge in [-0.15, -0.1) is 0 Å². The van der Waals surface area contributed by atoms with Crippen molar-refractivity contribution < 1.29 is 13.5 Å². The normalized spacial score (nSPS) is 22.2. The molecule has 1 aliphatic heterocycles. The van der Waals surface area contributed by atoms with Gasteiger partial charge in [-0.3, -0.25) is 4.57 Å². The van der Waals surface area contributed by atoms with Crippen molar-refractivity contribution in [2.75, 3.05) is 0 Å². The minimum absolute atomic E-state index is 0.0551. The van der Waals surface area contributed by atoms with Gasteiger partial charge >= 0.3 is 5.69 Å². The molecule has 2 aliphatic rings. The summed E-state index contributed by atoms with van der Waals surface area (Å²) >= 11 is 0. The Morgan fingerprint density at radius 3 is 2.63 bits per heavy atom. The van der Waals surface area contributed by atoms with E-state index < -0.39 is 17.7 Å². The van der Waals surface area contributed by atoms with Crippen LogP contribution in [0.5, 0.6) is 5.75 Å². The van der Waals surface area contributed by atoms with Gasteiger partial charge in [-0.1, -0.05) is 6.07 Å². The summed E-state index contributed by atoms with van der Waals surface area (Å²) in [6.07, 6.45) is 2.38. The molecular weight excluding hydrogens is 390 g/mol. The van der Waals surface area contributed by atoms with Crippen molar-refractivity contribution in [2.24, 2.45) is 0 Å². The highest BCUT2D eigenvalue weighted by Crippen LogP contribution is 2.36. The Morgan fingerprint density at radius 1 is 1.13 bits per heavy atom. The smallest absolute Gasteiger partial charge is 0.346 e. The van der Waals surface area contributed by atoms with E-state index in [1.165, 1.54) is 16.8 Å². The fraction of sp³-hybridized carbons (Fsp3) is 0.318. The summed E-state index contributed by atoms with van der Waals surface area (Å²) in [5.74, 6) is -0.0391. The molecule has 0 amide bonds. The number of aromatic nitrogens is 3. The molecule has 1 aromatic heterocycles. The molecule has 152 valence electrons. The number of fused-ring (bicyclic) bond motifs is 1. The molecule has 5 rings (SSSR count). The van der Waals surface area contributed by atoms with Gasteiger partial charge in [-0.05, 0) is 42.3 Å². The predicted octanol–water partition coefficient (Wildman–Crippen LogP) is 3.51. The summed E-state index contributed by atoms with van der Waals surface area (Å²) < 4.78 is 36.2. The van der Waals surface area contributed by atoms with E-state index in [0.29, 0.717) is 48.4 Å². The van der Waals surface area contributed by atoms with Gasteiger partial charge in [0.2, 0.25) is 0 Å². The summed E-state index contributed by atoms with van der Waals surface area (Å²) in [6.45, 7) is 0. The van der Waals surface area contributed by atoms with Crippen LogP contribution in [-0.4, -0.2) is 20.5 Å². The Hall–Kier alpha value is -3.47. The lowest BCUT2D eigenvalue weighted by molar-refractivity contribution is 0.0623. The van der Waals surface area contributed by atoms with E-state index in [1.54, 1.807) is 28.8 Å². The molecule has 8 heteroatoms. The molecule has 6 nitrogen and oxygen atoms in total. The number of hydrogen-bond donors (Lipinski definition) is 0. The van der Waals surface area contributed by atoms with Crippen LogP contribution in [0.15, 0.2) is 47.3 Å². The van der Waals surface area contributed by atoms with Crippen molar-refractivity contribution in [2.45, 2.75) is 43.9 Å². The number of aryl methyl sites for hydroxylation is 1. The molecule has 2 heterocycles. The van der Waals surface area contributed by atoms with Crippen molar-refractivity contribution in [3.63, 3.8) is 0 Å². The zero-order valence-electron chi connectivity index (χ0n) is 16.0. The van der Waals surface area contributed by atoms with Gasteiger partial charge in [0.05, 0.1) is 23.7 Å². The SMILES string of the molecule is N#Cc1cccc(OC2CC(n3nc4n(c3=O)[C@H](c3cc(F)cc(F)c3)CC4)C2)c1. The third-order valence-corrected chi connectivity index (χ3v) is 5.81. The van der Waals surface area contributed by atoms with Crippen LogP contribution in [0.2, 0.25) is 0 Å². The predicted molar refractivity (Wildman–Crippen MR) is 103 cm³/mol. The largest absolute Gasteiger partial charge is 0.490 e. The quantitative estimate of drug-likeness (QED) is 0.662. The monoisotopic (exact) mass is 408 g/mol. The van der Waals surface area contributed by atoms with Crippen LogP contribution < -0.4 is 10.4 Å². The van der Waals surface area contributed by atoms with Crippen molar-refractivity contribution in [1.29, 1.82) is 5.26 Å². The second-order valence-corrected chi connectivity index (χ2v) is 7.78. The van der Waals surface area contributed by atoms with Crippen LogP contribution in [-0.2, 0) is 6.42 Å². The van der Waals surface area contributed by atoms with Gasteiger partial charge in [-0.25, -0.2) is 18.3 Å². The summed E-state index contributed by atoms with van der Waals surface area (Å²) in [5, 5.41) is 13.5. The molecule has 0 N–H and O–H groups in total. The molecule has 0 bridgehead atoms. The molecule has 1 saturated carbocycles. The summed E-state index contributed by atoms with van der Waals surface area (Å²) in [7, 11) is 0. The van der Waals surface area contributed by atoms with E-state index >= 15 is 0 Å². The number of nitriles is 1. The molecule has 2 aromatic carbocycles. The zero-order chi connectivity index (χ0) is 20.8. The van der Waals surface area contributed by atoms with E-state index in [9.17, 15) is 13.6 Å². The highest BCUT2D eigenvalue weighted by Gasteiger charge is 2.37. The minimum Gasteiger partial charge on any atom is -0.490 e. The van der Waals surface area contributed by atoms with E-state index in [2.05, 4.69) is 11.2 Å². The number of nitrogens with zero attached hydrogens (tertiary/aromatic N) is 4. The van der Waals surface area contributed by atoms with E-state index in [-0.39, 0.29) is 17.8 Å².